The highest BCUT2D eigenvalue weighted by atomic mass is 16.2. The fourth-order valence-corrected chi connectivity index (χ4v) is 4.77. The zero-order valence-corrected chi connectivity index (χ0v) is 13.7. The minimum atomic E-state index is 0.0637. The second-order valence-electron chi connectivity index (χ2n) is 7.83. The molecule has 0 aromatic carbocycles. The molecule has 1 heterocycles. The van der Waals surface area contributed by atoms with Crippen molar-refractivity contribution >= 4 is 5.91 Å². The standard InChI is InChI=1S/C18H32N2O/c1-12-6-5-9-15(13(12)2)20-18(21)17-11-10-14-7-3-4-8-16(14)19-17/h12-17,19H,3-11H2,1-2H3,(H,20,21). The average Bonchev–Trinajstić information content (AvgIpc) is 2.51. The van der Waals surface area contributed by atoms with Gasteiger partial charge in [0.15, 0.2) is 0 Å². The zero-order chi connectivity index (χ0) is 14.8. The molecule has 6 unspecified atom stereocenters. The Morgan fingerprint density at radius 2 is 1.76 bits per heavy atom. The first kappa shape index (κ1) is 15.3. The number of amides is 1. The summed E-state index contributed by atoms with van der Waals surface area (Å²) in [5.74, 6) is 2.46. The molecule has 0 aromatic rings. The van der Waals surface area contributed by atoms with Crippen LogP contribution < -0.4 is 10.6 Å². The van der Waals surface area contributed by atoms with Gasteiger partial charge in [0.2, 0.25) is 5.91 Å². The number of hydrogen-bond acceptors (Lipinski definition) is 2. The molecule has 6 atom stereocenters. The fraction of sp³-hybridized carbons (Fsp3) is 0.944. The van der Waals surface area contributed by atoms with Crippen LogP contribution >= 0.6 is 0 Å². The Balaban J connectivity index is 1.53. The Hall–Kier alpha value is -0.570. The first-order valence-electron chi connectivity index (χ1n) is 9.21. The van der Waals surface area contributed by atoms with Crippen LogP contribution in [-0.4, -0.2) is 24.0 Å². The van der Waals surface area contributed by atoms with Gasteiger partial charge >= 0.3 is 0 Å². The predicted octanol–water partition coefficient (Wildman–Crippen LogP) is 3.24. The van der Waals surface area contributed by atoms with E-state index in [0.717, 1.165) is 24.7 Å². The lowest BCUT2D eigenvalue weighted by atomic mass is 9.76. The number of nitrogens with one attached hydrogen (secondary N) is 2. The fourth-order valence-electron chi connectivity index (χ4n) is 4.77. The zero-order valence-electron chi connectivity index (χ0n) is 13.7. The molecule has 120 valence electrons. The lowest BCUT2D eigenvalue weighted by Gasteiger charge is -2.41. The monoisotopic (exact) mass is 292 g/mol. The summed E-state index contributed by atoms with van der Waals surface area (Å²) in [6.45, 7) is 4.63. The molecule has 3 rings (SSSR count). The molecule has 3 heteroatoms. The van der Waals surface area contributed by atoms with Gasteiger partial charge in [0, 0.05) is 12.1 Å². The molecule has 1 aliphatic heterocycles. The maximum Gasteiger partial charge on any atom is 0.237 e. The van der Waals surface area contributed by atoms with Gasteiger partial charge in [-0.2, -0.15) is 0 Å². The number of carbonyl (C=O) groups is 1. The molecule has 21 heavy (non-hydrogen) atoms. The summed E-state index contributed by atoms with van der Waals surface area (Å²) in [6, 6.07) is 1.06. The van der Waals surface area contributed by atoms with Crippen LogP contribution in [0.3, 0.4) is 0 Å². The number of fused-ring (bicyclic) bond motifs is 1. The Morgan fingerprint density at radius 3 is 2.62 bits per heavy atom. The maximum absolute atomic E-state index is 12.6. The molecular weight excluding hydrogens is 260 g/mol. The van der Waals surface area contributed by atoms with Crippen molar-refractivity contribution in [2.45, 2.75) is 89.8 Å². The summed E-state index contributed by atoms with van der Waals surface area (Å²) in [4.78, 5) is 12.6. The molecular formula is C18H32N2O. The lowest BCUT2D eigenvalue weighted by molar-refractivity contribution is -0.126. The van der Waals surface area contributed by atoms with Gasteiger partial charge in [-0.1, -0.05) is 39.5 Å². The van der Waals surface area contributed by atoms with Crippen LogP contribution in [0, 0.1) is 17.8 Å². The topological polar surface area (TPSA) is 41.1 Å². The molecule has 1 saturated heterocycles. The molecule has 2 aliphatic carbocycles. The second kappa shape index (κ2) is 6.68. The summed E-state index contributed by atoms with van der Waals surface area (Å²) in [5.41, 5.74) is 0. The van der Waals surface area contributed by atoms with Crippen molar-refractivity contribution in [2.75, 3.05) is 0 Å². The second-order valence-corrected chi connectivity index (χ2v) is 7.83. The highest BCUT2D eigenvalue weighted by Gasteiger charge is 2.36. The van der Waals surface area contributed by atoms with Gasteiger partial charge in [-0.25, -0.2) is 0 Å². The molecule has 0 spiro atoms. The Bertz CT molecular complexity index is 370. The van der Waals surface area contributed by atoms with Crippen molar-refractivity contribution in [3.63, 3.8) is 0 Å². The van der Waals surface area contributed by atoms with Crippen molar-refractivity contribution in [3.8, 4) is 0 Å². The van der Waals surface area contributed by atoms with Crippen LogP contribution in [0.4, 0.5) is 0 Å². The van der Waals surface area contributed by atoms with Crippen LogP contribution in [0.1, 0.15) is 71.6 Å². The van der Waals surface area contributed by atoms with E-state index < -0.39 is 0 Å². The summed E-state index contributed by atoms with van der Waals surface area (Å²) in [6.07, 6.45) is 11.4. The van der Waals surface area contributed by atoms with Gasteiger partial charge in [0.1, 0.15) is 0 Å². The summed E-state index contributed by atoms with van der Waals surface area (Å²) in [5, 5.41) is 7.02. The van der Waals surface area contributed by atoms with Crippen LogP contribution in [-0.2, 0) is 4.79 Å². The average molecular weight is 292 g/mol. The van der Waals surface area contributed by atoms with Crippen molar-refractivity contribution in [3.05, 3.63) is 0 Å². The third-order valence-electron chi connectivity index (χ3n) is 6.50. The summed E-state index contributed by atoms with van der Waals surface area (Å²) >= 11 is 0. The van der Waals surface area contributed by atoms with E-state index >= 15 is 0 Å². The minimum Gasteiger partial charge on any atom is -0.352 e. The molecule has 3 fully saturated rings. The first-order chi connectivity index (χ1) is 10.1. The third-order valence-corrected chi connectivity index (χ3v) is 6.50. The maximum atomic E-state index is 12.6. The van der Waals surface area contributed by atoms with Gasteiger partial charge in [-0.05, 0) is 49.9 Å². The minimum absolute atomic E-state index is 0.0637. The van der Waals surface area contributed by atoms with E-state index in [4.69, 9.17) is 0 Å². The van der Waals surface area contributed by atoms with E-state index in [1.165, 1.54) is 44.9 Å². The van der Waals surface area contributed by atoms with Crippen molar-refractivity contribution in [1.82, 2.24) is 10.6 Å². The smallest absolute Gasteiger partial charge is 0.237 e. The van der Waals surface area contributed by atoms with E-state index in [-0.39, 0.29) is 11.9 Å². The molecule has 2 saturated carbocycles. The highest BCUT2D eigenvalue weighted by Crippen LogP contribution is 2.33. The predicted molar refractivity (Wildman–Crippen MR) is 86.0 cm³/mol. The van der Waals surface area contributed by atoms with Crippen molar-refractivity contribution in [2.24, 2.45) is 17.8 Å². The van der Waals surface area contributed by atoms with E-state index in [0.29, 0.717) is 18.0 Å². The molecule has 3 nitrogen and oxygen atoms in total. The van der Waals surface area contributed by atoms with Crippen LogP contribution in [0.2, 0.25) is 0 Å². The van der Waals surface area contributed by atoms with E-state index in [2.05, 4.69) is 24.5 Å². The van der Waals surface area contributed by atoms with Crippen molar-refractivity contribution < 1.29 is 4.79 Å². The summed E-state index contributed by atoms with van der Waals surface area (Å²) in [7, 11) is 0. The van der Waals surface area contributed by atoms with E-state index in [1.54, 1.807) is 0 Å². The van der Waals surface area contributed by atoms with Gasteiger partial charge in [-0.15, -0.1) is 0 Å². The van der Waals surface area contributed by atoms with Crippen LogP contribution in [0.5, 0.6) is 0 Å². The van der Waals surface area contributed by atoms with Gasteiger partial charge in [0.25, 0.3) is 0 Å². The molecule has 1 amide bonds. The number of carbonyl (C=O) groups excluding carboxylic acids is 1. The van der Waals surface area contributed by atoms with Gasteiger partial charge < -0.3 is 10.6 Å². The van der Waals surface area contributed by atoms with Gasteiger partial charge in [-0.3, -0.25) is 4.79 Å². The molecule has 0 aromatic heterocycles. The van der Waals surface area contributed by atoms with Crippen molar-refractivity contribution in [1.29, 1.82) is 0 Å². The van der Waals surface area contributed by atoms with Gasteiger partial charge in [0.05, 0.1) is 6.04 Å². The first-order valence-corrected chi connectivity index (χ1v) is 9.21. The molecule has 0 radical (unpaired) electrons. The Kier molecular flexibility index (Phi) is 4.88. The molecule has 2 N–H and O–H groups in total. The number of hydrogen-bond donors (Lipinski definition) is 2. The Morgan fingerprint density at radius 1 is 0.952 bits per heavy atom. The highest BCUT2D eigenvalue weighted by molar-refractivity contribution is 5.82. The number of piperidine rings is 1. The quantitative estimate of drug-likeness (QED) is 0.820. The SMILES string of the molecule is CC1CCCC(NC(=O)C2CCC3CCCCC3N2)C1C. The lowest BCUT2D eigenvalue weighted by Crippen LogP contribution is -2.57. The normalized spacial score (nSPS) is 43.9. The number of rotatable bonds is 2. The van der Waals surface area contributed by atoms with E-state index in [1.807, 2.05) is 0 Å². The Labute approximate surface area is 129 Å². The summed E-state index contributed by atoms with van der Waals surface area (Å²) < 4.78 is 0. The molecule has 3 aliphatic rings. The third kappa shape index (κ3) is 3.44. The van der Waals surface area contributed by atoms with Crippen LogP contribution in [0.25, 0.3) is 0 Å². The van der Waals surface area contributed by atoms with E-state index in [9.17, 15) is 4.79 Å². The molecule has 0 bridgehead atoms. The largest absolute Gasteiger partial charge is 0.352 e. The van der Waals surface area contributed by atoms with Crippen LogP contribution in [0.15, 0.2) is 0 Å².